The van der Waals surface area contributed by atoms with Crippen molar-refractivity contribution < 1.29 is 14.0 Å². The summed E-state index contributed by atoms with van der Waals surface area (Å²) in [5.74, 6) is 0.966. The summed E-state index contributed by atoms with van der Waals surface area (Å²) in [6.07, 6.45) is 3.66. The molecule has 0 bridgehead atoms. The van der Waals surface area contributed by atoms with Crippen molar-refractivity contribution in [2.24, 2.45) is 5.92 Å². The Morgan fingerprint density at radius 2 is 1.96 bits per heavy atom. The summed E-state index contributed by atoms with van der Waals surface area (Å²) < 4.78 is 11.9. The number of ether oxygens (including phenoxy) is 1. The molecule has 0 N–H and O–H groups in total. The molecule has 1 aliphatic heterocycles. The van der Waals surface area contributed by atoms with Crippen molar-refractivity contribution in [2.45, 2.75) is 72.6 Å². The van der Waals surface area contributed by atoms with Gasteiger partial charge in [-0.25, -0.2) is 9.69 Å². The Bertz CT molecular complexity index is 501. The van der Waals surface area contributed by atoms with E-state index in [1.54, 1.807) is 4.90 Å². The van der Waals surface area contributed by atoms with E-state index in [9.17, 15) is 4.79 Å². The third-order valence-corrected chi connectivity index (χ3v) is 9.12. The van der Waals surface area contributed by atoms with Gasteiger partial charge in [-0.3, -0.25) is 0 Å². The number of nitrogens with zero attached hydrogens (tertiary/aromatic N) is 1. The lowest BCUT2D eigenvalue weighted by Crippen LogP contribution is -2.46. The Morgan fingerprint density at radius 3 is 2.39 bits per heavy atom. The van der Waals surface area contributed by atoms with Crippen molar-refractivity contribution in [2.75, 3.05) is 6.61 Å². The minimum Gasteiger partial charge on any atom is -0.531 e. The number of cyclic esters (lactones) is 1. The van der Waals surface area contributed by atoms with Crippen LogP contribution in [0, 0.1) is 5.92 Å². The van der Waals surface area contributed by atoms with E-state index >= 15 is 0 Å². The van der Waals surface area contributed by atoms with Crippen LogP contribution in [-0.2, 0) is 9.16 Å². The molecule has 0 aromatic rings. The Hall–Kier alpha value is -1.23. The molecule has 1 aliphatic rings. The smallest absolute Gasteiger partial charge is 0.417 e. The summed E-state index contributed by atoms with van der Waals surface area (Å²) in [7, 11) is -2.06. The minimum absolute atomic E-state index is 0.0162. The molecular weight excluding hydrogens is 306 g/mol. The molecule has 1 heterocycles. The Kier molecular flexibility index (Phi) is 6.13. The first-order chi connectivity index (χ1) is 10.4. The number of hydrogen-bond acceptors (Lipinski definition) is 3. The fourth-order valence-electron chi connectivity index (χ4n) is 2.20. The van der Waals surface area contributed by atoms with Gasteiger partial charge in [-0.05, 0) is 37.9 Å². The number of allylic oxidation sites excluding steroid dienone is 3. The Balaban J connectivity index is 3.33. The zero-order chi connectivity index (χ0) is 18.0. The van der Waals surface area contributed by atoms with E-state index in [0.717, 1.165) is 5.57 Å². The summed E-state index contributed by atoms with van der Waals surface area (Å²) in [5.41, 5.74) is 0.960. The van der Waals surface area contributed by atoms with Crippen molar-refractivity contribution in [3.63, 3.8) is 0 Å². The maximum Gasteiger partial charge on any atom is 0.417 e. The van der Waals surface area contributed by atoms with E-state index < -0.39 is 8.32 Å². The normalized spacial score (nSPS) is 21.0. The Labute approximate surface area is 142 Å². The highest BCUT2D eigenvalue weighted by molar-refractivity contribution is 6.74. The molecule has 0 aromatic carbocycles. The average Bonchev–Trinajstić information content (AvgIpc) is 2.77. The zero-order valence-corrected chi connectivity index (χ0v) is 17.2. The molecule has 4 nitrogen and oxygen atoms in total. The van der Waals surface area contributed by atoms with Gasteiger partial charge < -0.3 is 9.16 Å². The third-order valence-electron chi connectivity index (χ3n) is 4.81. The van der Waals surface area contributed by atoms with Gasteiger partial charge in [0.25, 0.3) is 8.32 Å². The molecule has 1 fully saturated rings. The van der Waals surface area contributed by atoms with Gasteiger partial charge in [-0.2, -0.15) is 0 Å². The quantitative estimate of drug-likeness (QED) is 0.388. The molecule has 1 rings (SSSR count). The lowest BCUT2D eigenvalue weighted by Gasteiger charge is -2.40. The highest BCUT2D eigenvalue weighted by Crippen LogP contribution is 2.40. The van der Waals surface area contributed by atoms with Crippen LogP contribution in [0.5, 0.6) is 0 Å². The molecule has 0 aliphatic carbocycles. The molecule has 5 heteroatoms. The van der Waals surface area contributed by atoms with Crippen LogP contribution in [-0.4, -0.2) is 32.0 Å². The SMILES string of the molecule is C/C=C/C(C)=C(\O[Si](C)(C)C(C)(C)C)N1C(=O)OC[C@@H]1C(C)C. The van der Waals surface area contributed by atoms with Crippen LogP contribution in [0.1, 0.15) is 48.5 Å². The molecular formula is C18H33NO3Si. The van der Waals surface area contributed by atoms with Gasteiger partial charge in [0.2, 0.25) is 0 Å². The second-order valence-corrected chi connectivity index (χ2v) is 12.8. The molecule has 1 atom stereocenters. The predicted molar refractivity (Wildman–Crippen MR) is 97.6 cm³/mol. The van der Waals surface area contributed by atoms with E-state index in [1.807, 2.05) is 26.0 Å². The number of carbonyl (C=O) groups excluding carboxylic acids is 1. The van der Waals surface area contributed by atoms with Crippen LogP contribution >= 0.6 is 0 Å². The molecule has 0 spiro atoms. The second-order valence-electron chi connectivity index (χ2n) is 8.11. The van der Waals surface area contributed by atoms with Crippen LogP contribution in [0.25, 0.3) is 0 Å². The monoisotopic (exact) mass is 339 g/mol. The standard InChI is InChI=1S/C18H33NO3Si/c1-10-11-14(4)16(22-23(8,9)18(5,6)7)19-15(13(2)3)12-21-17(19)20/h10-11,13,15H,12H2,1-9H3/b11-10+,16-14-/t15-/m1/s1. The number of carbonyl (C=O) groups is 1. The van der Waals surface area contributed by atoms with Crippen molar-refractivity contribution >= 4 is 14.4 Å². The first kappa shape index (κ1) is 19.8. The van der Waals surface area contributed by atoms with E-state index in [1.165, 1.54) is 0 Å². The maximum absolute atomic E-state index is 12.4. The van der Waals surface area contributed by atoms with Crippen LogP contribution in [0.3, 0.4) is 0 Å². The molecule has 0 unspecified atom stereocenters. The maximum atomic E-state index is 12.4. The van der Waals surface area contributed by atoms with Gasteiger partial charge >= 0.3 is 6.09 Å². The lowest BCUT2D eigenvalue weighted by atomic mass is 10.0. The fourth-order valence-corrected chi connectivity index (χ4v) is 3.24. The van der Waals surface area contributed by atoms with Crippen molar-refractivity contribution in [3.8, 4) is 0 Å². The molecule has 0 radical (unpaired) electrons. The Morgan fingerprint density at radius 1 is 1.39 bits per heavy atom. The summed E-state index contributed by atoms with van der Waals surface area (Å²) >= 11 is 0. The lowest BCUT2D eigenvalue weighted by molar-refractivity contribution is 0.146. The predicted octanol–water partition coefficient (Wildman–Crippen LogP) is 5.29. The molecule has 0 saturated carbocycles. The number of amides is 1. The van der Waals surface area contributed by atoms with E-state index in [2.05, 4.69) is 47.7 Å². The topological polar surface area (TPSA) is 38.8 Å². The molecule has 1 amide bonds. The zero-order valence-electron chi connectivity index (χ0n) is 16.2. The summed E-state index contributed by atoms with van der Waals surface area (Å²) in [6.45, 7) is 19.6. The van der Waals surface area contributed by atoms with Gasteiger partial charge in [-0.15, -0.1) is 0 Å². The fraction of sp³-hybridized carbons (Fsp3) is 0.722. The summed E-state index contributed by atoms with van der Waals surface area (Å²) in [5, 5.41) is 0.0609. The largest absolute Gasteiger partial charge is 0.531 e. The van der Waals surface area contributed by atoms with Crippen LogP contribution < -0.4 is 0 Å². The van der Waals surface area contributed by atoms with E-state index in [-0.39, 0.29) is 17.2 Å². The van der Waals surface area contributed by atoms with Gasteiger partial charge in [0.15, 0.2) is 5.88 Å². The first-order valence-electron chi connectivity index (χ1n) is 8.41. The van der Waals surface area contributed by atoms with E-state index in [4.69, 9.17) is 9.16 Å². The third kappa shape index (κ3) is 4.40. The molecule has 1 saturated heterocycles. The van der Waals surface area contributed by atoms with E-state index in [0.29, 0.717) is 18.4 Å². The number of hydrogen-bond donors (Lipinski definition) is 0. The molecule has 23 heavy (non-hydrogen) atoms. The first-order valence-corrected chi connectivity index (χ1v) is 11.3. The van der Waals surface area contributed by atoms with Crippen LogP contribution in [0.15, 0.2) is 23.6 Å². The molecule has 0 aromatic heterocycles. The van der Waals surface area contributed by atoms with Crippen molar-refractivity contribution in [1.29, 1.82) is 0 Å². The van der Waals surface area contributed by atoms with Gasteiger partial charge in [-0.1, -0.05) is 46.8 Å². The average molecular weight is 340 g/mol. The van der Waals surface area contributed by atoms with Crippen LogP contribution in [0.2, 0.25) is 18.1 Å². The molecule has 132 valence electrons. The highest BCUT2D eigenvalue weighted by atomic mass is 28.4. The van der Waals surface area contributed by atoms with Gasteiger partial charge in [0.05, 0.1) is 6.04 Å². The van der Waals surface area contributed by atoms with Crippen molar-refractivity contribution in [3.05, 3.63) is 23.6 Å². The summed E-state index contributed by atoms with van der Waals surface area (Å²) in [4.78, 5) is 14.1. The summed E-state index contributed by atoms with van der Waals surface area (Å²) in [6, 6.07) is 0.0162. The second kappa shape index (κ2) is 7.12. The van der Waals surface area contributed by atoms with Crippen LogP contribution in [0.4, 0.5) is 4.79 Å². The minimum atomic E-state index is -2.06. The highest BCUT2D eigenvalue weighted by Gasteiger charge is 2.44. The van der Waals surface area contributed by atoms with Gasteiger partial charge in [0, 0.05) is 5.57 Å². The van der Waals surface area contributed by atoms with Gasteiger partial charge in [0.1, 0.15) is 6.61 Å². The number of rotatable bonds is 5. The van der Waals surface area contributed by atoms with Crippen molar-refractivity contribution in [1.82, 2.24) is 4.90 Å².